The van der Waals surface area contributed by atoms with Crippen molar-refractivity contribution in [3.63, 3.8) is 0 Å². The first-order chi connectivity index (χ1) is 19.1. The number of nitrogens with zero attached hydrogens (tertiary/aromatic N) is 4. The number of ether oxygens (including phenoxy) is 1. The molecule has 0 bridgehead atoms. The molecule has 0 radical (unpaired) electrons. The van der Waals surface area contributed by atoms with Crippen LogP contribution in [-0.4, -0.2) is 45.5 Å². The number of nitrogens with one attached hydrogen (secondary N) is 1. The summed E-state index contributed by atoms with van der Waals surface area (Å²) in [6.07, 6.45) is 15.3. The first-order valence-electron chi connectivity index (χ1n) is 14.7. The van der Waals surface area contributed by atoms with Crippen molar-refractivity contribution in [1.82, 2.24) is 19.9 Å². The van der Waals surface area contributed by atoms with Crippen molar-refractivity contribution in [2.24, 2.45) is 5.41 Å². The second kappa shape index (κ2) is 9.98. The number of fused-ring (bicyclic) bond motifs is 1. The van der Waals surface area contributed by atoms with Gasteiger partial charge in [0.2, 0.25) is 0 Å². The first-order valence-corrected chi connectivity index (χ1v) is 14.7. The van der Waals surface area contributed by atoms with Crippen molar-refractivity contribution >= 4 is 16.7 Å². The number of likely N-dealkylation sites (tertiary alicyclic amines) is 1. The molecule has 6 heteroatoms. The Bertz CT molecular complexity index is 1450. The maximum atomic E-state index is 6.13. The largest absolute Gasteiger partial charge is 0.454 e. The Morgan fingerprint density at radius 3 is 2.64 bits per heavy atom. The second-order valence-corrected chi connectivity index (χ2v) is 12.3. The zero-order valence-electron chi connectivity index (χ0n) is 23.1. The van der Waals surface area contributed by atoms with Gasteiger partial charge in [0.05, 0.1) is 24.3 Å². The lowest BCUT2D eigenvalue weighted by atomic mass is 9.59. The van der Waals surface area contributed by atoms with E-state index in [1.54, 1.807) is 18.0 Å². The Labute approximate surface area is 231 Å². The van der Waals surface area contributed by atoms with Crippen molar-refractivity contribution < 1.29 is 4.74 Å². The van der Waals surface area contributed by atoms with E-state index in [9.17, 15) is 0 Å². The summed E-state index contributed by atoms with van der Waals surface area (Å²) in [7, 11) is 0. The molecule has 4 aromatic rings. The summed E-state index contributed by atoms with van der Waals surface area (Å²) in [5.41, 5.74) is 5.66. The van der Waals surface area contributed by atoms with Gasteiger partial charge >= 0.3 is 0 Å². The molecule has 7 rings (SSSR count). The maximum Gasteiger partial charge on any atom is 0.147 e. The minimum atomic E-state index is 0.519. The molecule has 3 fully saturated rings. The number of pyridine rings is 2. The van der Waals surface area contributed by atoms with E-state index in [1.807, 2.05) is 24.5 Å². The number of hydrogen-bond donors (Lipinski definition) is 1. The van der Waals surface area contributed by atoms with Gasteiger partial charge in [-0.25, -0.2) is 4.98 Å². The van der Waals surface area contributed by atoms with Gasteiger partial charge in [0, 0.05) is 42.8 Å². The lowest BCUT2D eigenvalue weighted by Gasteiger charge is -2.56. The Hall–Kier alpha value is -3.38. The molecule has 39 heavy (non-hydrogen) atoms. The topological polar surface area (TPSA) is 57.3 Å². The minimum Gasteiger partial charge on any atom is -0.454 e. The third-order valence-corrected chi connectivity index (χ3v) is 9.58. The van der Waals surface area contributed by atoms with Crippen LogP contribution in [-0.2, 0) is 0 Å². The van der Waals surface area contributed by atoms with Gasteiger partial charge in [0.15, 0.2) is 0 Å². The minimum absolute atomic E-state index is 0.519. The van der Waals surface area contributed by atoms with Crippen LogP contribution in [0, 0.1) is 5.41 Å². The van der Waals surface area contributed by atoms with Crippen molar-refractivity contribution in [2.45, 2.75) is 70.4 Å². The van der Waals surface area contributed by atoms with Crippen LogP contribution in [0.5, 0.6) is 11.5 Å². The molecule has 1 aliphatic carbocycles. The molecule has 202 valence electrons. The van der Waals surface area contributed by atoms with E-state index >= 15 is 0 Å². The first kappa shape index (κ1) is 24.6. The van der Waals surface area contributed by atoms with E-state index in [0.29, 0.717) is 17.4 Å². The van der Waals surface area contributed by atoms with Crippen molar-refractivity contribution in [3.8, 4) is 11.5 Å². The average Bonchev–Trinajstić information content (AvgIpc) is 3.61. The summed E-state index contributed by atoms with van der Waals surface area (Å²) >= 11 is 0. The SMILES string of the molecule is CC(C)c1ccccc1[C@@H]1CCCN1C1CC2(CCN(c3cncc(Oc4cnc5[nH]ccc5c4)c3)CC2)C1. The molecular formula is C33H39N5O. The zero-order chi connectivity index (χ0) is 26.4. The lowest BCUT2D eigenvalue weighted by molar-refractivity contribution is -0.0228. The summed E-state index contributed by atoms with van der Waals surface area (Å²) in [5.74, 6) is 2.07. The van der Waals surface area contributed by atoms with E-state index in [2.05, 4.69) is 68.9 Å². The highest BCUT2D eigenvalue weighted by atomic mass is 16.5. The molecule has 2 saturated heterocycles. The molecular weight excluding hydrogens is 482 g/mol. The monoisotopic (exact) mass is 521 g/mol. The highest BCUT2D eigenvalue weighted by molar-refractivity contribution is 5.76. The van der Waals surface area contributed by atoms with Gasteiger partial charge in [-0.1, -0.05) is 38.1 Å². The summed E-state index contributed by atoms with van der Waals surface area (Å²) in [6, 6.07) is 16.7. The smallest absolute Gasteiger partial charge is 0.147 e. The van der Waals surface area contributed by atoms with Gasteiger partial charge < -0.3 is 14.6 Å². The zero-order valence-corrected chi connectivity index (χ0v) is 23.1. The summed E-state index contributed by atoms with van der Waals surface area (Å²) in [5, 5.41) is 1.04. The fourth-order valence-electron chi connectivity index (χ4n) is 7.47. The van der Waals surface area contributed by atoms with Crippen molar-refractivity contribution in [2.75, 3.05) is 24.5 Å². The molecule has 1 spiro atoms. The van der Waals surface area contributed by atoms with Gasteiger partial charge in [-0.15, -0.1) is 0 Å². The van der Waals surface area contributed by atoms with Crippen LogP contribution in [0.3, 0.4) is 0 Å². The summed E-state index contributed by atoms with van der Waals surface area (Å²) in [6.45, 7) is 8.11. The third-order valence-electron chi connectivity index (χ3n) is 9.58. The van der Waals surface area contributed by atoms with Crippen LogP contribution in [0.2, 0.25) is 0 Å². The number of benzene rings is 1. The Morgan fingerprint density at radius 2 is 1.79 bits per heavy atom. The van der Waals surface area contributed by atoms with Crippen LogP contribution in [0.15, 0.2) is 67.3 Å². The van der Waals surface area contributed by atoms with Crippen molar-refractivity contribution in [3.05, 3.63) is 78.4 Å². The molecule has 3 aliphatic rings. The van der Waals surface area contributed by atoms with E-state index in [0.717, 1.165) is 47.4 Å². The van der Waals surface area contributed by atoms with Gasteiger partial charge in [0.25, 0.3) is 0 Å². The van der Waals surface area contributed by atoms with E-state index in [1.165, 1.54) is 50.6 Å². The Balaban J connectivity index is 0.975. The third kappa shape index (κ3) is 4.69. The summed E-state index contributed by atoms with van der Waals surface area (Å²) < 4.78 is 6.13. The molecule has 1 N–H and O–H groups in total. The number of rotatable bonds is 6. The predicted molar refractivity (Wildman–Crippen MR) is 157 cm³/mol. The van der Waals surface area contributed by atoms with Gasteiger partial charge in [-0.2, -0.15) is 0 Å². The number of piperidine rings is 1. The number of aromatic amines is 1. The van der Waals surface area contributed by atoms with E-state index in [-0.39, 0.29) is 0 Å². The number of H-pyrrole nitrogens is 1. The maximum absolute atomic E-state index is 6.13. The number of hydrogen-bond acceptors (Lipinski definition) is 5. The van der Waals surface area contributed by atoms with Crippen LogP contribution in [0.1, 0.15) is 75.5 Å². The molecule has 0 unspecified atom stereocenters. The molecule has 5 heterocycles. The quantitative estimate of drug-likeness (QED) is 0.285. The Morgan fingerprint density at radius 1 is 0.974 bits per heavy atom. The highest BCUT2D eigenvalue weighted by Crippen LogP contribution is 2.54. The molecule has 1 aromatic carbocycles. The number of anilines is 1. The fourth-order valence-corrected chi connectivity index (χ4v) is 7.47. The van der Waals surface area contributed by atoms with Gasteiger partial charge in [0.1, 0.15) is 17.1 Å². The highest BCUT2D eigenvalue weighted by Gasteiger charge is 2.50. The second-order valence-electron chi connectivity index (χ2n) is 12.3. The normalized spacial score (nSPS) is 21.6. The van der Waals surface area contributed by atoms with Crippen molar-refractivity contribution in [1.29, 1.82) is 0 Å². The van der Waals surface area contributed by atoms with Crippen LogP contribution in [0.4, 0.5) is 5.69 Å². The Kier molecular flexibility index (Phi) is 6.31. The lowest BCUT2D eigenvalue weighted by Crippen LogP contribution is -2.55. The van der Waals surface area contributed by atoms with Crippen LogP contribution in [0.25, 0.3) is 11.0 Å². The van der Waals surface area contributed by atoms with E-state index in [4.69, 9.17) is 4.74 Å². The van der Waals surface area contributed by atoms with Crippen LogP contribution < -0.4 is 9.64 Å². The summed E-state index contributed by atoms with van der Waals surface area (Å²) in [4.78, 5) is 17.4. The molecule has 1 atom stereocenters. The molecule has 1 saturated carbocycles. The van der Waals surface area contributed by atoms with Gasteiger partial charge in [-0.3, -0.25) is 9.88 Å². The number of aromatic nitrogens is 3. The standard InChI is InChI=1S/C33H39N5O/c1-23(2)29-6-3-4-7-30(29)31-8-5-13-38(31)26-18-33(19-26)10-14-37(15-11-33)25-17-28(21-34-20-25)39-27-16-24-9-12-35-32(24)36-22-27/h3-4,6-7,9,12,16-17,20-23,26,31H,5,8,10-11,13-15,18-19H2,1-2H3,(H,35,36)/t31-/m0/s1. The molecule has 3 aromatic heterocycles. The molecule has 0 amide bonds. The fraction of sp³-hybridized carbons (Fsp3) is 0.455. The van der Waals surface area contributed by atoms with E-state index < -0.39 is 0 Å². The van der Waals surface area contributed by atoms with Crippen LogP contribution >= 0.6 is 0 Å². The molecule has 6 nitrogen and oxygen atoms in total. The molecule has 2 aliphatic heterocycles. The average molecular weight is 522 g/mol. The predicted octanol–water partition coefficient (Wildman–Crippen LogP) is 7.46. The van der Waals surface area contributed by atoms with Gasteiger partial charge in [-0.05, 0) is 79.7 Å².